The summed E-state index contributed by atoms with van der Waals surface area (Å²) in [6.07, 6.45) is 6.10. The maximum Gasteiger partial charge on any atom is 0.292 e. The number of likely N-dealkylation sites (tertiary alicyclic amines) is 1. The fraction of sp³-hybridized carbons (Fsp3) is 0.733. The Kier molecular flexibility index (Phi) is 15.5. The third-order valence-electron chi connectivity index (χ3n) is 2.47. The van der Waals surface area contributed by atoms with Crippen LogP contribution in [0.3, 0.4) is 0 Å². The Bertz CT molecular complexity index is 252. The van der Waals surface area contributed by atoms with Crippen molar-refractivity contribution in [3.63, 3.8) is 0 Å². The van der Waals surface area contributed by atoms with Gasteiger partial charge in [-0.25, -0.2) is 0 Å². The third-order valence-corrected chi connectivity index (χ3v) is 2.47. The van der Waals surface area contributed by atoms with Crippen molar-refractivity contribution >= 4 is 12.4 Å². The molecule has 0 aromatic rings. The van der Waals surface area contributed by atoms with E-state index in [2.05, 4.69) is 24.7 Å². The van der Waals surface area contributed by atoms with Crippen molar-refractivity contribution in [3.8, 4) is 0 Å². The minimum atomic E-state index is 0.329. The molecule has 0 aliphatic carbocycles. The van der Waals surface area contributed by atoms with Crippen LogP contribution in [0.2, 0.25) is 0 Å². The molecule has 0 aromatic carbocycles. The van der Waals surface area contributed by atoms with E-state index in [0.29, 0.717) is 18.8 Å². The van der Waals surface area contributed by atoms with Gasteiger partial charge in [0.25, 0.3) is 6.47 Å². The molecule has 1 aliphatic rings. The van der Waals surface area contributed by atoms with Gasteiger partial charge in [-0.1, -0.05) is 25.5 Å². The van der Waals surface area contributed by atoms with Crippen LogP contribution >= 0.6 is 0 Å². The average molecular weight is 271 g/mol. The molecule has 1 fully saturated rings. The Labute approximate surface area is 117 Å². The number of allylic oxidation sites excluding steroid dienone is 2. The summed E-state index contributed by atoms with van der Waals surface area (Å²) in [6, 6.07) is 0. The molecular formula is C15H29NO3. The van der Waals surface area contributed by atoms with Crippen LogP contribution in [-0.4, -0.2) is 37.5 Å². The molecule has 0 bridgehead atoms. The lowest BCUT2D eigenvalue weighted by atomic mass is 10.2. The molecule has 1 aliphatic heterocycles. The van der Waals surface area contributed by atoms with E-state index >= 15 is 0 Å². The molecular weight excluding hydrogens is 242 g/mol. The molecule has 0 atom stereocenters. The highest BCUT2D eigenvalue weighted by molar-refractivity contribution is 5.76. The van der Waals surface area contributed by atoms with Gasteiger partial charge in [-0.2, -0.15) is 0 Å². The zero-order chi connectivity index (χ0) is 15.1. The largest absolute Gasteiger partial charge is 0.471 e. The second kappa shape index (κ2) is 14.7. The number of ether oxygens (including phenoxy) is 1. The second-order valence-electron chi connectivity index (χ2n) is 4.24. The summed E-state index contributed by atoms with van der Waals surface area (Å²) in [6.45, 7) is 10.5. The average Bonchev–Trinajstić information content (AvgIpc) is 2.95. The smallest absolute Gasteiger partial charge is 0.292 e. The van der Waals surface area contributed by atoms with Crippen LogP contribution in [0.4, 0.5) is 0 Å². The van der Waals surface area contributed by atoms with E-state index in [1.54, 1.807) is 0 Å². The molecule has 19 heavy (non-hydrogen) atoms. The molecule has 1 heterocycles. The van der Waals surface area contributed by atoms with Crippen molar-refractivity contribution in [1.82, 2.24) is 4.90 Å². The zero-order valence-corrected chi connectivity index (χ0v) is 13.1. The third kappa shape index (κ3) is 12.9. The Hall–Kier alpha value is -1.32. The van der Waals surface area contributed by atoms with Crippen LogP contribution in [0.1, 0.15) is 53.4 Å². The molecule has 112 valence electrons. The van der Waals surface area contributed by atoms with Gasteiger partial charge in [0.2, 0.25) is 5.91 Å². The van der Waals surface area contributed by atoms with Crippen molar-refractivity contribution in [2.45, 2.75) is 53.4 Å². The van der Waals surface area contributed by atoms with Crippen LogP contribution in [0.5, 0.6) is 0 Å². The van der Waals surface area contributed by atoms with E-state index in [1.165, 1.54) is 25.5 Å². The Morgan fingerprint density at radius 1 is 1.21 bits per heavy atom. The molecule has 0 N–H and O–H groups in total. The van der Waals surface area contributed by atoms with Crippen molar-refractivity contribution in [1.29, 1.82) is 0 Å². The van der Waals surface area contributed by atoms with E-state index in [4.69, 9.17) is 4.79 Å². The van der Waals surface area contributed by atoms with Gasteiger partial charge in [-0.3, -0.25) is 9.59 Å². The normalized spacial score (nSPS) is 12.4. The maximum atomic E-state index is 11.5. The molecule has 0 unspecified atom stereocenters. The molecule has 1 rings (SSSR count). The molecule has 0 spiro atoms. The SMILES string of the molecule is CC.CC(C)=CCCC(=O)N1CCCC1.COC=O. The van der Waals surface area contributed by atoms with Gasteiger partial charge in [-0.15, -0.1) is 0 Å². The monoisotopic (exact) mass is 271 g/mol. The predicted octanol–water partition coefficient (Wildman–Crippen LogP) is 3.17. The molecule has 1 amide bonds. The molecule has 4 nitrogen and oxygen atoms in total. The van der Waals surface area contributed by atoms with Crippen molar-refractivity contribution < 1.29 is 14.3 Å². The van der Waals surface area contributed by atoms with Gasteiger partial charge < -0.3 is 9.64 Å². The van der Waals surface area contributed by atoms with E-state index in [1.807, 2.05) is 18.7 Å². The standard InChI is InChI=1S/C11H19NO.C2H4O2.C2H6/c1-10(2)6-5-7-11(13)12-8-3-4-9-12;1-4-2-3;1-2/h6H,3-5,7-9H2,1-2H3;2H,1H3;1-2H3. The van der Waals surface area contributed by atoms with E-state index < -0.39 is 0 Å². The first-order valence-corrected chi connectivity index (χ1v) is 6.99. The summed E-state index contributed by atoms with van der Waals surface area (Å²) >= 11 is 0. The number of carbonyl (C=O) groups excluding carboxylic acids is 2. The van der Waals surface area contributed by atoms with Crippen LogP contribution in [-0.2, 0) is 14.3 Å². The lowest BCUT2D eigenvalue weighted by molar-refractivity contribution is -0.130. The zero-order valence-electron chi connectivity index (χ0n) is 13.1. The molecule has 0 radical (unpaired) electrons. The summed E-state index contributed by atoms with van der Waals surface area (Å²) in [7, 11) is 1.31. The van der Waals surface area contributed by atoms with Gasteiger partial charge >= 0.3 is 0 Å². The van der Waals surface area contributed by atoms with Crippen LogP contribution < -0.4 is 0 Å². The lowest BCUT2D eigenvalue weighted by Crippen LogP contribution is -2.27. The van der Waals surface area contributed by atoms with Crippen molar-refractivity contribution in [3.05, 3.63) is 11.6 Å². The summed E-state index contributed by atoms with van der Waals surface area (Å²) in [4.78, 5) is 22.5. The highest BCUT2D eigenvalue weighted by atomic mass is 16.5. The molecule has 4 heteroatoms. The number of carbonyl (C=O) groups is 2. The number of hydrogen-bond acceptors (Lipinski definition) is 3. The highest BCUT2D eigenvalue weighted by Crippen LogP contribution is 2.10. The number of nitrogens with zero attached hydrogens (tertiary/aromatic N) is 1. The Morgan fingerprint density at radius 3 is 2.05 bits per heavy atom. The number of hydrogen-bond donors (Lipinski definition) is 0. The quantitative estimate of drug-likeness (QED) is 0.583. The first kappa shape index (κ1) is 20.0. The number of amides is 1. The topological polar surface area (TPSA) is 46.6 Å². The first-order valence-electron chi connectivity index (χ1n) is 6.99. The summed E-state index contributed by atoms with van der Waals surface area (Å²) in [5.74, 6) is 0.329. The molecule has 0 aromatic heterocycles. The van der Waals surface area contributed by atoms with Crippen molar-refractivity contribution in [2.75, 3.05) is 20.2 Å². The predicted molar refractivity (Wildman–Crippen MR) is 78.9 cm³/mol. The van der Waals surface area contributed by atoms with Crippen LogP contribution in [0.25, 0.3) is 0 Å². The summed E-state index contributed by atoms with van der Waals surface area (Å²) < 4.78 is 3.86. The van der Waals surface area contributed by atoms with Gasteiger partial charge in [0.1, 0.15) is 0 Å². The number of rotatable bonds is 4. The van der Waals surface area contributed by atoms with Crippen LogP contribution in [0, 0.1) is 0 Å². The maximum absolute atomic E-state index is 11.5. The molecule has 1 saturated heterocycles. The summed E-state index contributed by atoms with van der Waals surface area (Å²) in [5, 5.41) is 0. The molecule has 0 saturated carbocycles. The lowest BCUT2D eigenvalue weighted by Gasteiger charge is -2.14. The second-order valence-corrected chi connectivity index (χ2v) is 4.24. The summed E-state index contributed by atoms with van der Waals surface area (Å²) in [5.41, 5.74) is 1.30. The van der Waals surface area contributed by atoms with Gasteiger partial charge in [0, 0.05) is 19.5 Å². The van der Waals surface area contributed by atoms with Crippen LogP contribution in [0.15, 0.2) is 11.6 Å². The Balaban J connectivity index is 0. The first-order chi connectivity index (χ1) is 9.11. The Morgan fingerprint density at radius 2 is 1.68 bits per heavy atom. The minimum Gasteiger partial charge on any atom is -0.471 e. The van der Waals surface area contributed by atoms with Gasteiger partial charge in [0.15, 0.2) is 0 Å². The highest BCUT2D eigenvalue weighted by Gasteiger charge is 2.16. The number of methoxy groups -OCH3 is 1. The van der Waals surface area contributed by atoms with Crippen molar-refractivity contribution in [2.24, 2.45) is 0 Å². The van der Waals surface area contributed by atoms with E-state index in [0.717, 1.165) is 19.5 Å². The minimum absolute atomic E-state index is 0.329. The van der Waals surface area contributed by atoms with E-state index in [-0.39, 0.29) is 0 Å². The fourth-order valence-electron chi connectivity index (χ4n) is 1.61. The van der Waals surface area contributed by atoms with E-state index in [9.17, 15) is 4.79 Å². The van der Waals surface area contributed by atoms with Gasteiger partial charge in [-0.05, 0) is 33.1 Å². The van der Waals surface area contributed by atoms with Gasteiger partial charge in [0.05, 0.1) is 7.11 Å². The fourth-order valence-corrected chi connectivity index (χ4v) is 1.61.